The van der Waals surface area contributed by atoms with Crippen LogP contribution in [0.15, 0.2) is 77.7 Å². The van der Waals surface area contributed by atoms with Crippen LogP contribution < -0.4 is 5.56 Å². The van der Waals surface area contributed by atoms with Gasteiger partial charge >= 0.3 is 0 Å². The normalized spacial score (nSPS) is 11.3. The van der Waals surface area contributed by atoms with E-state index in [9.17, 15) is 9.18 Å². The summed E-state index contributed by atoms with van der Waals surface area (Å²) >= 11 is 0. The molecule has 28 heavy (non-hydrogen) atoms. The zero-order valence-corrected chi connectivity index (χ0v) is 14.8. The summed E-state index contributed by atoms with van der Waals surface area (Å²) in [6.07, 6.45) is 2.06. The molecule has 0 unspecified atom stereocenters. The first-order valence-corrected chi connectivity index (χ1v) is 8.88. The van der Waals surface area contributed by atoms with Gasteiger partial charge in [0, 0.05) is 24.8 Å². The molecular formula is C22H15FN4O. The van der Waals surface area contributed by atoms with Gasteiger partial charge in [0.05, 0.1) is 16.6 Å². The highest BCUT2D eigenvalue weighted by atomic mass is 19.1. The number of benzene rings is 2. The fourth-order valence-electron chi connectivity index (χ4n) is 3.48. The van der Waals surface area contributed by atoms with E-state index in [0.717, 1.165) is 27.9 Å². The van der Waals surface area contributed by atoms with E-state index in [2.05, 4.69) is 15.1 Å². The molecule has 6 heteroatoms. The maximum Gasteiger partial charge on any atom is 0.259 e. The van der Waals surface area contributed by atoms with Crippen LogP contribution in [0.4, 0.5) is 4.39 Å². The van der Waals surface area contributed by atoms with Crippen molar-refractivity contribution in [3.63, 3.8) is 0 Å². The lowest BCUT2D eigenvalue weighted by molar-refractivity contribution is 0.584. The van der Waals surface area contributed by atoms with Crippen molar-refractivity contribution in [2.45, 2.75) is 6.42 Å². The van der Waals surface area contributed by atoms with Crippen LogP contribution in [0.3, 0.4) is 0 Å². The second-order valence-corrected chi connectivity index (χ2v) is 6.65. The van der Waals surface area contributed by atoms with Crippen molar-refractivity contribution in [1.29, 1.82) is 0 Å². The number of aromatic nitrogens is 4. The molecule has 0 spiro atoms. The highest BCUT2D eigenvalue weighted by Gasteiger charge is 2.09. The number of hydrogen-bond acceptors (Lipinski definition) is 3. The highest BCUT2D eigenvalue weighted by molar-refractivity contribution is 5.80. The number of para-hydroxylation sites is 1. The monoisotopic (exact) mass is 370 g/mol. The fraction of sp³-hybridized carbons (Fsp3) is 0.0455. The number of fused-ring (bicyclic) bond motifs is 3. The van der Waals surface area contributed by atoms with Crippen molar-refractivity contribution in [3.8, 4) is 11.1 Å². The van der Waals surface area contributed by atoms with Crippen molar-refractivity contribution in [1.82, 2.24) is 19.6 Å². The molecule has 136 valence electrons. The molecular weight excluding hydrogens is 355 g/mol. The largest absolute Gasteiger partial charge is 0.306 e. The Morgan fingerprint density at radius 3 is 2.71 bits per heavy atom. The zero-order valence-electron chi connectivity index (χ0n) is 14.8. The Labute approximate surface area is 159 Å². The number of rotatable bonds is 3. The van der Waals surface area contributed by atoms with E-state index in [0.29, 0.717) is 17.5 Å². The first-order chi connectivity index (χ1) is 13.7. The Hall–Kier alpha value is -3.80. The summed E-state index contributed by atoms with van der Waals surface area (Å²) in [5.41, 5.74) is 4.88. The SMILES string of the molecule is O=c1[nH]c2cc(Cc3cccc(-c4ccnc(F)c4)c3)nn2c2ccccc12. The van der Waals surface area contributed by atoms with Gasteiger partial charge in [-0.3, -0.25) is 4.79 Å². The average molecular weight is 370 g/mol. The van der Waals surface area contributed by atoms with E-state index in [-0.39, 0.29) is 5.56 Å². The summed E-state index contributed by atoms with van der Waals surface area (Å²) in [4.78, 5) is 18.7. The first-order valence-electron chi connectivity index (χ1n) is 8.88. The molecule has 0 amide bonds. The maximum absolute atomic E-state index is 13.4. The van der Waals surface area contributed by atoms with Crippen molar-refractivity contribution in [3.05, 3.63) is 100 Å². The predicted octanol–water partition coefficient (Wildman–Crippen LogP) is 3.97. The number of hydrogen-bond donors (Lipinski definition) is 1. The third kappa shape index (κ3) is 2.85. The molecule has 5 aromatic rings. The van der Waals surface area contributed by atoms with Crippen molar-refractivity contribution in [2.75, 3.05) is 0 Å². The van der Waals surface area contributed by atoms with E-state index >= 15 is 0 Å². The van der Waals surface area contributed by atoms with Gasteiger partial charge in [0.25, 0.3) is 5.56 Å². The van der Waals surface area contributed by atoms with Gasteiger partial charge in [-0.2, -0.15) is 9.49 Å². The van der Waals surface area contributed by atoms with Crippen LogP contribution in [-0.2, 0) is 6.42 Å². The van der Waals surface area contributed by atoms with Gasteiger partial charge in [-0.05, 0) is 34.9 Å². The van der Waals surface area contributed by atoms with Gasteiger partial charge in [0.15, 0.2) is 0 Å². The molecule has 0 bridgehead atoms. The molecule has 0 radical (unpaired) electrons. The minimum Gasteiger partial charge on any atom is -0.306 e. The topological polar surface area (TPSA) is 63.0 Å². The molecule has 0 fully saturated rings. The number of nitrogens with one attached hydrogen (secondary N) is 1. The third-order valence-corrected chi connectivity index (χ3v) is 4.75. The van der Waals surface area contributed by atoms with Crippen LogP contribution in [0.2, 0.25) is 0 Å². The summed E-state index contributed by atoms with van der Waals surface area (Å²) in [6.45, 7) is 0. The number of aromatic amines is 1. The Balaban J connectivity index is 1.55. The fourth-order valence-corrected chi connectivity index (χ4v) is 3.48. The molecule has 0 atom stereocenters. The second kappa shape index (κ2) is 6.42. The summed E-state index contributed by atoms with van der Waals surface area (Å²) in [5.74, 6) is -0.501. The standard InChI is InChI=1S/C22H15FN4O/c23-20-12-16(8-9-24-20)15-5-3-4-14(10-15)11-17-13-21-25-22(28)18-6-1-2-7-19(18)27(21)26-17/h1-10,12-13H,11H2,(H,25,28). The quantitative estimate of drug-likeness (QED) is 0.489. The van der Waals surface area contributed by atoms with Gasteiger partial charge in [0.2, 0.25) is 5.95 Å². The summed E-state index contributed by atoms with van der Waals surface area (Å²) in [5, 5.41) is 5.27. The highest BCUT2D eigenvalue weighted by Crippen LogP contribution is 2.22. The first kappa shape index (κ1) is 16.4. The van der Waals surface area contributed by atoms with Gasteiger partial charge < -0.3 is 4.98 Å². The Kier molecular flexibility index (Phi) is 3.76. The van der Waals surface area contributed by atoms with Crippen LogP contribution in [0.25, 0.3) is 27.7 Å². The summed E-state index contributed by atoms with van der Waals surface area (Å²) in [6, 6.07) is 20.4. The molecule has 3 heterocycles. The number of nitrogens with zero attached hydrogens (tertiary/aromatic N) is 3. The Morgan fingerprint density at radius 2 is 1.82 bits per heavy atom. The van der Waals surface area contributed by atoms with Crippen LogP contribution in [0, 0.1) is 5.95 Å². The minimum absolute atomic E-state index is 0.128. The van der Waals surface area contributed by atoms with E-state index in [1.165, 1.54) is 12.3 Å². The average Bonchev–Trinajstić information content (AvgIpc) is 3.11. The van der Waals surface area contributed by atoms with Gasteiger partial charge in [0.1, 0.15) is 5.65 Å². The van der Waals surface area contributed by atoms with Crippen LogP contribution >= 0.6 is 0 Å². The lowest BCUT2D eigenvalue weighted by Crippen LogP contribution is -2.09. The summed E-state index contributed by atoms with van der Waals surface area (Å²) in [7, 11) is 0. The molecule has 0 aliphatic heterocycles. The van der Waals surface area contributed by atoms with Crippen molar-refractivity contribution < 1.29 is 4.39 Å². The van der Waals surface area contributed by atoms with Crippen molar-refractivity contribution in [2.24, 2.45) is 0 Å². The number of pyridine rings is 1. The van der Waals surface area contributed by atoms with Gasteiger partial charge in [-0.25, -0.2) is 9.50 Å². The van der Waals surface area contributed by atoms with E-state index < -0.39 is 5.95 Å². The molecule has 0 saturated carbocycles. The van der Waals surface area contributed by atoms with Crippen LogP contribution in [0.5, 0.6) is 0 Å². The smallest absolute Gasteiger partial charge is 0.259 e. The van der Waals surface area contributed by atoms with E-state index in [1.807, 2.05) is 48.5 Å². The Morgan fingerprint density at radius 1 is 0.964 bits per heavy atom. The molecule has 1 N–H and O–H groups in total. The maximum atomic E-state index is 13.4. The minimum atomic E-state index is -0.501. The molecule has 3 aromatic heterocycles. The van der Waals surface area contributed by atoms with Gasteiger partial charge in [-0.15, -0.1) is 0 Å². The molecule has 0 aliphatic rings. The lowest BCUT2D eigenvalue weighted by atomic mass is 10.0. The molecule has 0 aliphatic carbocycles. The van der Waals surface area contributed by atoms with E-state index in [1.54, 1.807) is 16.6 Å². The second-order valence-electron chi connectivity index (χ2n) is 6.65. The number of H-pyrrole nitrogens is 1. The molecule has 0 saturated heterocycles. The molecule has 2 aromatic carbocycles. The number of halogens is 1. The zero-order chi connectivity index (χ0) is 19.1. The van der Waals surface area contributed by atoms with Crippen molar-refractivity contribution >= 4 is 16.6 Å². The third-order valence-electron chi connectivity index (χ3n) is 4.75. The van der Waals surface area contributed by atoms with Gasteiger partial charge in [-0.1, -0.05) is 36.4 Å². The Bertz CT molecular complexity index is 1390. The molecule has 5 rings (SSSR count). The lowest BCUT2D eigenvalue weighted by Gasteiger charge is -2.04. The van der Waals surface area contributed by atoms with Crippen LogP contribution in [0.1, 0.15) is 11.3 Å². The van der Waals surface area contributed by atoms with E-state index in [4.69, 9.17) is 0 Å². The molecule has 5 nitrogen and oxygen atoms in total. The van der Waals surface area contributed by atoms with Crippen LogP contribution in [-0.4, -0.2) is 19.6 Å². The summed E-state index contributed by atoms with van der Waals surface area (Å²) < 4.78 is 15.2. The predicted molar refractivity (Wildman–Crippen MR) is 106 cm³/mol.